The number of benzene rings is 2. The summed E-state index contributed by atoms with van der Waals surface area (Å²) in [6.45, 7) is 5.22. The summed E-state index contributed by atoms with van der Waals surface area (Å²) in [5.74, 6) is 0. The second kappa shape index (κ2) is 6.58. The maximum Gasteiger partial charge on any atom is 0.0576 e. The highest BCUT2D eigenvalue weighted by atomic mass is 15.1. The molecule has 0 aliphatic heterocycles. The quantitative estimate of drug-likeness (QED) is 0.888. The zero-order valence-electron chi connectivity index (χ0n) is 12.9. The molecule has 0 spiro atoms. The van der Waals surface area contributed by atoms with E-state index in [-0.39, 0.29) is 6.04 Å². The fraction of sp³-hybridized carbons (Fsp3) is 0.333. The molecule has 0 amide bonds. The molecule has 0 radical (unpaired) electrons. The Kier molecular flexibility index (Phi) is 4.80. The molecule has 20 heavy (non-hydrogen) atoms. The van der Waals surface area contributed by atoms with Crippen LogP contribution in [0.5, 0.6) is 0 Å². The third-order valence-corrected chi connectivity index (χ3v) is 3.56. The SMILES string of the molecule is CCNC(c1ccc(C)cc1)c1ccc(N(C)C)cc1. The van der Waals surface area contributed by atoms with Crippen molar-refractivity contribution < 1.29 is 0 Å². The summed E-state index contributed by atoms with van der Waals surface area (Å²) < 4.78 is 0. The van der Waals surface area contributed by atoms with E-state index in [2.05, 4.69) is 86.7 Å². The maximum absolute atomic E-state index is 3.57. The van der Waals surface area contributed by atoms with Gasteiger partial charge < -0.3 is 10.2 Å². The lowest BCUT2D eigenvalue weighted by molar-refractivity contribution is 0.630. The number of aryl methyl sites for hydroxylation is 1. The van der Waals surface area contributed by atoms with E-state index >= 15 is 0 Å². The van der Waals surface area contributed by atoms with Crippen LogP contribution in [0, 0.1) is 6.92 Å². The Morgan fingerprint density at radius 3 is 1.85 bits per heavy atom. The minimum Gasteiger partial charge on any atom is -0.378 e. The van der Waals surface area contributed by atoms with Gasteiger partial charge in [-0.25, -0.2) is 0 Å². The number of rotatable bonds is 5. The van der Waals surface area contributed by atoms with Crippen LogP contribution >= 0.6 is 0 Å². The molecule has 2 aromatic carbocycles. The van der Waals surface area contributed by atoms with Gasteiger partial charge in [-0.3, -0.25) is 0 Å². The van der Waals surface area contributed by atoms with Gasteiger partial charge in [0.2, 0.25) is 0 Å². The number of nitrogens with one attached hydrogen (secondary N) is 1. The van der Waals surface area contributed by atoms with Crippen LogP contribution in [-0.2, 0) is 0 Å². The summed E-state index contributed by atoms with van der Waals surface area (Å²) in [7, 11) is 4.13. The predicted molar refractivity (Wildman–Crippen MR) is 87.5 cm³/mol. The molecule has 0 aromatic heterocycles. The van der Waals surface area contributed by atoms with Gasteiger partial charge in [0.25, 0.3) is 0 Å². The van der Waals surface area contributed by atoms with Crippen LogP contribution in [0.3, 0.4) is 0 Å². The summed E-state index contributed by atoms with van der Waals surface area (Å²) in [6.07, 6.45) is 0. The Labute approximate surface area is 122 Å². The van der Waals surface area contributed by atoms with Gasteiger partial charge in [0.1, 0.15) is 0 Å². The van der Waals surface area contributed by atoms with Gasteiger partial charge in [-0.1, -0.05) is 48.9 Å². The first-order valence-corrected chi connectivity index (χ1v) is 7.19. The lowest BCUT2D eigenvalue weighted by Crippen LogP contribution is -2.22. The predicted octanol–water partition coefficient (Wildman–Crippen LogP) is 3.76. The minimum atomic E-state index is 0.261. The summed E-state index contributed by atoms with van der Waals surface area (Å²) in [5, 5.41) is 3.57. The largest absolute Gasteiger partial charge is 0.378 e. The maximum atomic E-state index is 3.57. The number of nitrogens with zero attached hydrogens (tertiary/aromatic N) is 1. The number of hydrogen-bond donors (Lipinski definition) is 1. The normalized spacial score (nSPS) is 12.2. The standard InChI is InChI=1S/C18H24N2/c1-5-19-18(15-8-6-14(2)7-9-15)16-10-12-17(13-11-16)20(3)4/h6-13,18-19H,5H2,1-4H3. The zero-order chi connectivity index (χ0) is 14.5. The molecule has 2 rings (SSSR count). The molecule has 0 bridgehead atoms. The van der Waals surface area contributed by atoms with Crippen LogP contribution in [0.15, 0.2) is 48.5 Å². The van der Waals surface area contributed by atoms with Gasteiger partial charge in [0, 0.05) is 19.8 Å². The second-order valence-electron chi connectivity index (χ2n) is 5.39. The average molecular weight is 268 g/mol. The molecule has 2 heteroatoms. The van der Waals surface area contributed by atoms with Crippen LogP contribution < -0.4 is 10.2 Å². The summed E-state index contributed by atoms with van der Waals surface area (Å²) >= 11 is 0. The van der Waals surface area contributed by atoms with Gasteiger partial charge in [-0.2, -0.15) is 0 Å². The molecule has 0 aliphatic rings. The second-order valence-corrected chi connectivity index (χ2v) is 5.39. The van der Waals surface area contributed by atoms with Crippen LogP contribution in [0.2, 0.25) is 0 Å². The minimum absolute atomic E-state index is 0.261. The fourth-order valence-corrected chi connectivity index (χ4v) is 2.36. The van der Waals surface area contributed by atoms with E-state index in [0.29, 0.717) is 0 Å². The van der Waals surface area contributed by atoms with Crippen molar-refractivity contribution in [2.45, 2.75) is 19.9 Å². The molecule has 1 unspecified atom stereocenters. The molecular weight excluding hydrogens is 244 g/mol. The zero-order valence-corrected chi connectivity index (χ0v) is 12.9. The van der Waals surface area contributed by atoms with Crippen molar-refractivity contribution >= 4 is 5.69 Å². The lowest BCUT2D eigenvalue weighted by atomic mass is 9.97. The molecule has 1 atom stereocenters. The van der Waals surface area contributed by atoms with Crippen molar-refractivity contribution in [2.24, 2.45) is 0 Å². The van der Waals surface area contributed by atoms with Gasteiger partial charge in [-0.15, -0.1) is 0 Å². The summed E-state index contributed by atoms with van der Waals surface area (Å²) in [4.78, 5) is 2.12. The molecule has 0 heterocycles. The van der Waals surface area contributed by atoms with E-state index in [9.17, 15) is 0 Å². The van der Waals surface area contributed by atoms with E-state index in [0.717, 1.165) is 6.54 Å². The van der Waals surface area contributed by atoms with Crippen LogP contribution in [0.1, 0.15) is 29.7 Å². The smallest absolute Gasteiger partial charge is 0.0576 e. The average Bonchev–Trinajstić information content (AvgIpc) is 2.46. The Morgan fingerprint density at radius 1 is 0.900 bits per heavy atom. The lowest BCUT2D eigenvalue weighted by Gasteiger charge is -2.20. The fourth-order valence-electron chi connectivity index (χ4n) is 2.36. The molecule has 2 nitrogen and oxygen atoms in total. The molecule has 106 valence electrons. The highest BCUT2D eigenvalue weighted by Crippen LogP contribution is 2.24. The molecule has 0 aliphatic carbocycles. The van der Waals surface area contributed by atoms with Crippen LogP contribution in [0.25, 0.3) is 0 Å². The summed E-state index contributed by atoms with van der Waals surface area (Å²) in [5.41, 5.74) is 5.15. The molecule has 1 N–H and O–H groups in total. The number of hydrogen-bond acceptors (Lipinski definition) is 2. The molecule has 0 saturated carbocycles. The van der Waals surface area contributed by atoms with Crippen molar-refractivity contribution in [3.05, 3.63) is 65.2 Å². The Balaban J connectivity index is 2.30. The molecule has 2 aromatic rings. The third-order valence-electron chi connectivity index (χ3n) is 3.56. The monoisotopic (exact) mass is 268 g/mol. The van der Waals surface area contributed by atoms with Crippen molar-refractivity contribution in [1.82, 2.24) is 5.32 Å². The molecule has 0 fully saturated rings. The Morgan fingerprint density at radius 2 is 1.40 bits per heavy atom. The van der Waals surface area contributed by atoms with E-state index in [1.165, 1.54) is 22.4 Å². The van der Waals surface area contributed by atoms with Crippen molar-refractivity contribution in [2.75, 3.05) is 25.5 Å². The Bertz CT molecular complexity index is 526. The van der Waals surface area contributed by atoms with Gasteiger partial charge >= 0.3 is 0 Å². The van der Waals surface area contributed by atoms with Gasteiger partial charge in [0.15, 0.2) is 0 Å². The molecule has 0 saturated heterocycles. The Hall–Kier alpha value is -1.80. The van der Waals surface area contributed by atoms with E-state index < -0.39 is 0 Å². The van der Waals surface area contributed by atoms with E-state index in [4.69, 9.17) is 0 Å². The van der Waals surface area contributed by atoms with Crippen LogP contribution in [0.4, 0.5) is 5.69 Å². The van der Waals surface area contributed by atoms with Gasteiger partial charge in [0.05, 0.1) is 6.04 Å². The number of anilines is 1. The van der Waals surface area contributed by atoms with Gasteiger partial charge in [-0.05, 0) is 36.7 Å². The van der Waals surface area contributed by atoms with Crippen molar-refractivity contribution in [3.8, 4) is 0 Å². The molecular formula is C18H24N2. The highest BCUT2D eigenvalue weighted by molar-refractivity contribution is 5.47. The van der Waals surface area contributed by atoms with Crippen molar-refractivity contribution in [1.29, 1.82) is 0 Å². The third kappa shape index (κ3) is 3.40. The first kappa shape index (κ1) is 14.6. The van der Waals surface area contributed by atoms with Crippen molar-refractivity contribution in [3.63, 3.8) is 0 Å². The van der Waals surface area contributed by atoms with E-state index in [1.807, 2.05) is 0 Å². The topological polar surface area (TPSA) is 15.3 Å². The van der Waals surface area contributed by atoms with Crippen LogP contribution in [-0.4, -0.2) is 20.6 Å². The highest BCUT2D eigenvalue weighted by Gasteiger charge is 2.12. The van der Waals surface area contributed by atoms with E-state index in [1.54, 1.807) is 0 Å². The first-order valence-electron chi connectivity index (χ1n) is 7.19. The summed E-state index contributed by atoms with van der Waals surface area (Å²) in [6, 6.07) is 17.8. The first-order chi connectivity index (χ1) is 9.61.